The minimum Gasteiger partial charge on any atom is -0.368 e. The fourth-order valence-corrected chi connectivity index (χ4v) is 2.33. The van der Waals surface area contributed by atoms with Gasteiger partial charge < -0.3 is 5.73 Å². The van der Waals surface area contributed by atoms with E-state index < -0.39 is 23.6 Å². The molecule has 2 atom stereocenters. The van der Waals surface area contributed by atoms with Gasteiger partial charge in [0.25, 0.3) is 0 Å². The number of nitrogens with two attached hydrogens (primary N) is 1. The smallest absolute Gasteiger partial charge is 0.235 e. The molecule has 1 aromatic carbocycles. The lowest BCUT2D eigenvalue weighted by Gasteiger charge is -2.18. The first-order valence-electron chi connectivity index (χ1n) is 5.86. The highest BCUT2D eigenvalue weighted by Crippen LogP contribution is 2.31. The number of halogens is 2. The van der Waals surface area contributed by atoms with Gasteiger partial charge in [-0.15, -0.1) is 0 Å². The van der Waals surface area contributed by atoms with Gasteiger partial charge in [-0.05, 0) is 30.7 Å². The number of rotatable bonds is 3. The van der Waals surface area contributed by atoms with E-state index in [2.05, 4.69) is 0 Å². The van der Waals surface area contributed by atoms with Crippen molar-refractivity contribution in [2.24, 2.45) is 5.73 Å². The van der Waals surface area contributed by atoms with Crippen LogP contribution in [-0.2, 0) is 4.79 Å². The van der Waals surface area contributed by atoms with Gasteiger partial charge in [-0.25, -0.2) is 8.78 Å². The number of carbonyl (C=O) groups excluding carboxylic acids is 1. The molecule has 1 amide bonds. The molecule has 1 aliphatic rings. The van der Waals surface area contributed by atoms with Gasteiger partial charge in [-0.1, -0.05) is 13.0 Å². The molecule has 1 fully saturated rings. The lowest BCUT2D eigenvalue weighted by Crippen LogP contribution is -2.40. The van der Waals surface area contributed by atoms with Crippen molar-refractivity contribution in [1.29, 1.82) is 0 Å². The molecule has 1 aromatic rings. The molecule has 1 radical (unpaired) electrons. The lowest BCUT2D eigenvalue weighted by atomic mass is 9.96. The molecule has 18 heavy (non-hydrogen) atoms. The highest BCUT2D eigenvalue weighted by Gasteiger charge is 2.35. The molecule has 5 heteroatoms. The third-order valence-corrected chi connectivity index (χ3v) is 3.31. The summed E-state index contributed by atoms with van der Waals surface area (Å²) < 4.78 is 26.0. The Morgan fingerprint density at radius 1 is 1.44 bits per heavy atom. The quantitative estimate of drug-likeness (QED) is 0.886. The van der Waals surface area contributed by atoms with Crippen molar-refractivity contribution in [2.75, 3.05) is 13.1 Å². The van der Waals surface area contributed by atoms with Crippen LogP contribution in [0.3, 0.4) is 0 Å². The molecule has 1 aliphatic heterocycles. The van der Waals surface area contributed by atoms with E-state index in [1.54, 1.807) is 6.42 Å². The Labute approximate surface area is 105 Å². The minimum atomic E-state index is -0.869. The largest absolute Gasteiger partial charge is 0.368 e. The van der Waals surface area contributed by atoms with Gasteiger partial charge in [0.05, 0.1) is 6.04 Å². The summed E-state index contributed by atoms with van der Waals surface area (Å²) in [6.07, 6.45) is 1.79. The first kappa shape index (κ1) is 13.0. The minimum absolute atomic E-state index is 0.0995. The summed E-state index contributed by atoms with van der Waals surface area (Å²) in [6, 6.07) is 3.38. The molecular weight excluding hydrogens is 238 g/mol. The van der Waals surface area contributed by atoms with Crippen molar-refractivity contribution < 1.29 is 13.6 Å². The van der Waals surface area contributed by atoms with Crippen molar-refractivity contribution >= 4 is 5.91 Å². The second-order valence-electron chi connectivity index (χ2n) is 4.41. The number of nitrogens with zero attached hydrogens (tertiary/aromatic N) is 1. The number of amides is 1. The maximum absolute atomic E-state index is 13.2. The molecule has 97 valence electrons. The Kier molecular flexibility index (Phi) is 3.61. The van der Waals surface area contributed by atoms with Crippen LogP contribution in [0.2, 0.25) is 0 Å². The highest BCUT2D eigenvalue weighted by molar-refractivity contribution is 5.82. The normalized spacial score (nSPS) is 24.4. The third-order valence-electron chi connectivity index (χ3n) is 3.31. The van der Waals surface area contributed by atoms with Crippen LogP contribution in [0.5, 0.6) is 0 Å². The molecule has 0 saturated carbocycles. The van der Waals surface area contributed by atoms with E-state index in [4.69, 9.17) is 5.73 Å². The topological polar surface area (TPSA) is 46.3 Å². The van der Waals surface area contributed by atoms with E-state index in [1.807, 2.05) is 11.8 Å². The molecule has 1 heterocycles. The number of carbonyl (C=O) groups is 1. The Morgan fingerprint density at radius 3 is 2.67 bits per heavy atom. The predicted octanol–water partition coefficient (Wildman–Crippen LogP) is 1.44. The molecule has 0 aromatic heterocycles. The average molecular weight is 253 g/mol. The van der Waals surface area contributed by atoms with Crippen molar-refractivity contribution in [3.05, 3.63) is 41.8 Å². The second-order valence-corrected chi connectivity index (χ2v) is 4.41. The number of benzene rings is 1. The first-order valence-corrected chi connectivity index (χ1v) is 5.86. The number of hydrogen-bond acceptors (Lipinski definition) is 2. The highest BCUT2D eigenvalue weighted by atomic mass is 19.2. The monoisotopic (exact) mass is 253 g/mol. The van der Waals surface area contributed by atoms with Gasteiger partial charge in [0.1, 0.15) is 0 Å². The van der Waals surface area contributed by atoms with Crippen LogP contribution in [0.1, 0.15) is 18.4 Å². The van der Waals surface area contributed by atoms with E-state index in [0.717, 1.165) is 6.07 Å². The maximum atomic E-state index is 13.2. The van der Waals surface area contributed by atoms with E-state index in [9.17, 15) is 13.6 Å². The van der Waals surface area contributed by atoms with E-state index in [1.165, 1.54) is 12.1 Å². The molecule has 3 nitrogen and oxygen atoms in total. The van der Waals surface area contributed by atoms with Crippen LogP contribution >= 0.6 is 0 Å². The lowest BCUT2D eigenvalue weighted by molar-refractivity contribution is -0.121. The van der Waals surface area contributed by atoms with Crippen molar-refractivity contribution in [1.82, 2.24) is 4.90 Å². The molecule has 2 rings (SSSR count). The summed E-state index contributed by atoms with van der Waals surface area (Å²) in [5, 5.41) is 0. The van der Waals surface area contributed by atoms with Crippen LogP contribution < -0.4 is 5.73 Å². The van der Waals surface area contributed by atoms with Crippen molar-refractivity contribution in [3.63, 3.8) is 0 Å². The van der Waals surface area contributed by atoms with Gasteiger partial charge in [0.2, 0.25) is 5.91 Å². The summed E-state index contributed by atoms with van der Waals surface area (Å²) in [7, 11) is 0. The Morgan fingerprint density at radius 2 is 2.17 bits per heavy atom. The maximum Gasteiger partial charge on any atom is 0.235 e. The summed E-state index contributed by atoms with van der Waals surface area (Å²) >= 11 is 0. The Hall–Kier alpha value is -1.49. The van der Waals surface area contributed by atoms with Gasteiger partial charge in [-0.2, -0.15) is 0 Å². The molecule has 1 unspecified atom stereocenters. The average Bonchev–Trinajstić information content (AvgIpc) is 2.77. The summed E-state index contributed by atoms with van der Waals surface area (Å²) in [5.74, 6) is -2.25. The molecule has 2 N–H and O–H groups in total. The SMILES string of the molecule is CCN1C[C@@H](c2ccc(F)c(F)c2)[CH]C1C(N)=O. The molecule has 0 bridgehead atoms. The van der Waals surface area contributed by atoms with E-state index in [0.29, 0.717) is 18.7 Å². The van der Waals surface area contributed by atoms with Crippen LogP contribution in [0.4, 0.5) is 8.78 Å². The molecule has 0 aliphatic carbocycles. The van der Waals surface area contributed by atoms with Crippen molar-refractivity contribution in [2.45, 2.75) is 18.9 Å². The zero-order valence-corrected chi connectivity index (χ0v) is 10.1. The fraction of sp³-hybridized carbons (Fsp3) is 0.385. The van der Waals surface area contributed by atoms with Crippen molar-refractivity contribution in [3.8, 4) is 0 Å². The van der Waals surface area contributed by atoms with Gasteiger partial charge in [0, 0.05) is 12.5 Å². The predicted molar refractivity (Wildman–Crippen MR) is 63.6 cm³/mol. The zero-order valence-electron chi connectivity index (χ0n) is 10.1. The summed E-state index contributed by atoms with van der Waals surface area (Å²) in [6.45, 7) is 3.21. The number of primary amides is 1. The fourth-order valence-electron chi connectivity index (χ4n) is 2.33. The van der Waals surface area contributed by atoms with Gasteiger partial charge in [-0.3, -0.25) is 9.69 Å². The second kappa shape index (κ2) is 5.02. The molecular formula is C13H15F2N2O. The Bertz CT molecular complexity index is 464. The third kappa shape index (κ3) is 2.36. The van der Waals surface area contributed by atoms with Gasteiger partial charge >= 0.3 is 0 Å². The molecule has 1 saturated heterocycles. The van der Waals surface area contributed by atoms with Crippen LogP contribution in [0.15, 0.2) is 18.2 Å². The van der Waals surface area contributed by atoms with Gasteiger partial charge in [0.15, 0.2) is 11.6 Å². The number of likely N-dealkylation sites (tertiary alicyclic amines) is 1. The first-order chi connectivity index (χ1) is 8.52. The number of hydrogen-bond donors (Lipinski definition) is 1. The summed E-state index contributed by atoms with van der Waals surface area (Å²) in [4.78, 5) is 13.2. The molecule has 0 spiro atoms. The Balaban J connectivity index is 2.20. The van der Waals surface area contributed by atoms with Crippen LogP contribution in [0, 0.1) is 18.1 Å². The summed E-state index contributed by atoms with van der Waals surface area (Å²) in [5.41, 5.74) is 5.98. The zero-order chi connectivity index (χ0) is 13.3. The van der Waals surface area contributed by atoms with Crippen LogP contribution in [-0.4, -0.2) is 29.9 Å². The van der Waals surface area contributed by atoms with E-state index in [-0.39, 0.29) is 5.92 Å². The van der Waals surface area contributed by atoms with E-state index >= 15 is 0 Å². The standard InChI is InChI=1S/C13H15F2N2O/c1-2-17-7-9(6-12(17)13(16)18)8-3-4-10(14)11(15)5-8/h3-6,9,12H,2,7H2,1H3,(H2,16,18)/t9-,12?/m0/s1. The number of likely N-dealkylation sites (N-methyl/N-ethyl adjacent to an activating group) is 1. The van der Waals surface area contributed by atoms with Crippen LogP contribution in [0.25, 0.3) is 0 Å².